The highest BCUT2D eigenvalue weighted by Gasteiger charge is 2.26. The smallest absolute Gasteiger partial charge is 0.374 e. The Morgan fingerprint density at radius 1 is 1.33 bits per heavy atom. The molecule has 7 nitrogen and oxygen atoms in total. The number of H-pyrrole nitrogens is 1. The van der Waals surface area contributed by atoms with Gasteiger partial charge in [0.15, 0.2) is 11.5 Å². The average molecular weight is 386 g/mol. The predicted octanol–water partition coefficient (Wildman–Crippen LogP) is 4.28. The summed E-state index contributed by atoms with van der Waals surface area (Å²) in [6.45, 7) is 4.06. The highest BCUT2D eigenvalue weighted by molar-refractivity contribution is 6.30. The number of aromatic nitrogens is 4. The number of fused-ring (bicyclic) bond motifs is 1. The van der Waals surface area contributed by atoms with Crippen LogP contribution in [0.2, 0.25) is 5.02 Å². The molecule has 27 heavy (non-hydrogen) atoms. The van der Waals surface area contributed by atoms with Gasteiger partial charge in [0.2, 0.25) is 5.82 Å². The molecule has 8 heteroatoms. The van der Waals surface area contributed by atoms with Crippen molar-refractivity contribution in [2.24, 2.45) is 5.92 Å². The number of nitrogens with one attached hydrogen (secondary N) is 2. The molecule has 1 aromatic carbocycles. The molecule has 1 aliphatic carbocycles. The Hall–Kier alpha value is -2.67. The van der Waals surface area contributed by atoms with Gasteiger partial charge in [0, 0.05) is 16.6 Å². The van der Waals surface area contributed by atoms with Crippen LogP contribution in [0.25, 0.3) is 22.6 Å². The molecule has 2 heterocycles. The minimum atomic E-state index is -1.18. The summed E-state index contributed by atoms with van der Waals surface area (Å²) in [6, 6.07) is 5.75. The van der Waals surface area contributed by atoms with Gasteiger partial charge in [0.25, 0.3) is 0 Å². The number of hydrogen-bond acceptors (Lipinski definition) is 5. The molecule has 3 N–H and O–H groups in total. The van der Waals surface area contributed by atoms with Crippen molar-refractivity contribution in [3.05, 3.63) is 34.6 Å². The van der Waals surface area contributed by atoms with Crippen molar-refractivity contribution >= 4 is 34.6 Å². The maximum Gasteiger partial charge on any atom is 0.374 e. The first kappa shape index (κ1) is 17.7. The van der Waals surface area contributed by atoms with E-state index in [1.807, 2.05) is 25.1 Å². The van der Waals surface area contributed by atoms with E-state index in [0.29, 0.717) is 33.7 Å². The van der Waals surface area contributed by atoms with Crippen molar-refractivity contribution in [1.82, 2.24) is 19.9 Å². The lowest BCUT2D eigenvalue weighted by molar-refractivity contribution is 0.0684. The number of carbonyl (C=O) groups is 1. The fraction of sp³-hybridized carbons (Fsp3) is 0.368. The van der Waals surface area contributed by atoms with Gasteiger partial charge in [-0.15, -0.1) is 0 Å². The molecule has 140 valence electrons. The Balaban J connectivity index is 1.81. The molecule has 2 aromatic heterocycles. The van der Waals surface area contributed by atoms with E-state index < -0.39 is 5.97 Å². The first-order valence-electron chi connectivity index (χ1n) is 8.96. The number of carboxylic acids is 1. The Labute approximate surface area is 161 Å². The maximum absolute atomic E-state index is 11.5. The Bertz CT molecular complexity index is 1030. The van der Waals surface area contributed by atoms with Crippen LogP contribution in [0, 0.1) is 12.8 Å². The molecular formula is C19H20ClN5O2. The molecule has 1 atom stereocenters. The fourth-order valence-corrected chi connectivity index (χ4v) is 3.52. The number of benzene rings is 1. The fourth-order valence-electron chi connectivity index (χ4n) is 3.35. The average Bonchev–Trinajstić information content (AvgIpc) is 2.99. The van der Waals surface area contributed by atoms with Crippen LogP contribution >= 0.6 is 11.6 Å². The summed E-state index contributed by atoms with van der Waals surface area (Å²) >= 11 is 6.13. The highest BCUT2D eigenvalue weighted by Crippen LogP contribution is 2.33. The molecule has 0 spiro atoms. The summed E-state index contributed by atoms with van der Waals surface area (Å²) in [5.41, 5.74) is 2.76. The standard InChI is InChI=1S/C19H20ClN5O2/c1-9-6-7-12(20)8-13(9)15-22-14-16(21-10(2)11-4-3-5-11)24-18(19(26)27)25-17(14)23-15/h6-8,10-11H,3-5H2,1-2H3,(H,26,27)(H2,21,22,23,24,25). The maximum atomic E-state index is 11.5. The highest BCUT2D eigenvalue weighted by atomic mass is 35.5. The van der Waals surface area contributed by atoms with Crippen LogP contribution in [0.5, 0.6) is 0 Å². The van der Waals surface area contributed by atoms with Gasteiger partial charge in [-0.05, 0) is 50.3 Å². The van der Waals surface area contributed by atoms with E-state index in [2.05, 4.69) is 32.2 Å². The van der Waals surface area contributed by atoms with Crippen molar-refractivity contribution in [2.75, 3.05) is 5.32 Å². The van der Waals surface area contributed by atoms with Crippen LogP contribution in [0.4, 0.5) is 5.82 Å². The minimum Gasteiger partial charge on any atom is -0.475 e. The molecule has 0 radical (unpaired) electrons. The summed E-state index contributed by atoms with van der Waals surface area (Å²) in [5, 5.41) is 13.3. The van der Waals surface area contributed by atoms with Crippen LogP contribution in [-0.4, -0.2) is 37.1 Å². The first-order chi connectivity index (χ1) is 12.9. The zero-order valence-corrected chi connectivity index (χ0v) is 15.8. The molecule has 1 saturated carbocycles. The summed E-state index contributed by atoms with van der Waals surface area (Å²) in [4.78, 5) is 27.5. The Kier molecular flexibility index (Phi) is 4.47. The van der Waals surface area contributed by atoms with Crippen molar-refractivity contribution in [3.8, 4) is 11.4 Å². The lowest BCUT2D eigenvalue weighted by atomic mass is 9.80. The first-order valence-corrected chi connectivity index (χ1v) is 9.34. The van der Waals surface area contributed by atoms with Gasteiger partial charge in [0.05, 0.1) is 0 Å². The van der Waals surface area contributed by atoms with E-state index in [4.69, 9.17) is 11.6 Å². The van der Waals surface area contributed by atoms with Gasteiger partial charge in [-0.2, -0.15) is 0 Å². The normalized spacial score (nSPS) is 15.5. The quantitative estimate of drug-likeness (QED) is 0.605. The molecule has 0 saturated heterocycles. The van der Waals surface area contributed by atoms with Crippen molar-refractivity contribution in [1.29, 1.82) is 0 Å². The lowest BCUT2D eigenvalue weighted by Crippen LogP contribution is -2.31. The summed E-state index contributed by atoms with van der Waals surface area (Å²) in [7, 11) is 0. The minimum absolute atomic E-state index is 0.193. The number of aromatic carboxylic acids is 1. The molecule has 0 bridgehead atoms. The summed E-state index contributed by atoms with van der Waals surface area (Å²) in [6.07, 6.45) is 3.58. The van der Waals surface area contributed by atoms with E-state index in [9.17, 15) is 9.90 Å². The van der Waals surface area contributed by atoms with E-state index in [0.717, 1.165) is 11.1 Å². The SMILES string of the molecule is Cc1ccc(Cl)cc1-c1nc2nc(C(=O)O)nc(NC(C)C3CCC3)c2[nH]1. The largest absolute Gasteiger partial charge is 0.475 e. The molecule has 1 unspecified atom stereocenters. The van der Waals surface area contributed by atoms with E-state index in [1.54, 1.807) is 0 Å². The topological polar surface area (TPSA) is 104 Å². The van der Waals surface area contributed by atoms with Crippen LogP contribution in [-0.2, 0) is 0 Å². The number of aromatic amines is 1. The lowest BCUT2D eigenvalue weighted by Gasteiger charge is -2.32. The van der Waals surface area contributed by atoms with Gasteiger partial charge in [-0.3, -0.25) is 0 Å². The van der Waals surface area contributed by atoms with Gasteiger partial charge in [-0.1, -0.05) is 24.1 Å². The molecule has 1 aliphatic rings. The molecular weight excluding hydrogens is 366 g/mol. The second kappa shape index (κ2) is 6.81. The second-order valence-electron chi connectivity index (χ2n) is 7.07. The Morgan fingerprint density at radius 3 is 2.78 bits per heavy atom. The zero-order chi connectivity index (χ0) is 19.1. The van der Waals surface area contributed by atoms with E-state index >= 15 is 0 Å². The number of anilines is 1. The van der Waals surface area contributed by atoms with E-state index in [-0.39, 0.29) is 11.9 Å². The van der Waals surface area contributed by atoms with Crippen LogP contribution in [0.1, 0.15) is 42.4 Å². The van der Waals surface area contributed by atoms with Crippen LogP contribution < -0.4 is 5.32 Å². The number of rotatable bonds is 5. The second-order valence-corrected chi connectivity index (χ2v) is 7.50. The predicted molar refractivity (Wildman–Crippen MR) is 104 cm³/mol. The molecule has 1 fully saturated rings. The number of nitrogens with zero attached hydrogens (tertiary/aromatic N) is 3. The van der Waals surface area contributed by atoms with Crippen LogP contribution in [0.3, 0.4) is 0 Å². The molecule has 0 aliphatic heterocycles. The third kappa shape index (κ3) is 3.35. The summed E-state index contributed by atoms with van der Waals surface area (Å²) < 4.78 is 0. The number of hydrogen-bond donors (Lipinski definition) is 3. The third-order valence-electron chi connectivity index (χ3n) is 5.22. The molecule has 0 amide bonds. The number of halogens is 1. The van der Waals surface area contributed by atoms with Gasteiger partial charge in [0.1, 0.15) is 11.3 Å². The monoisotopic (exact) mass is 385 g/mol. The van der Waals surface area contributed by atoms with Crippen molar-refractivity contribution in [3.63, 3.8) is 0 Å². The van der Waals surface area contributed by atoms with Gasteiger partial charge < -0.3 is 15.4 Å². The Morgan fingerprint density at radius 2 is 2.11 bits per heavy atom. The van der Waals surface area contributed by atoms with Crippen molar-refractivity contribution in [2.45, 2.75) is 39.2 Å². The summed E-state index contributed by atoms with van der Waals surface area (Å²) in [5.74, 6) is 0.170. The van der Waals surface area contributed by atoms with Gasteiger partial charge >= 0.3 is 5.97 Å². The number of imidazole rings is 1. The number of carboxylic acid groups (broad SMARTS) is 1. The third-order valence-corrected chi connectivity index (χ3v) is 5.45. The molecule has 4 rings (SSSR count). The zero-order valence-electron chi connectivity index (χ0n) is 15.1. The van der Waals surface area contributed by atoms with Crippen molar-refractivity contribution < 1.29 is 9.90 Å². The van der Waals surface area contributed by atoms with Crippen LogP contribution in [0.15, 0.2) is 18.2 Å². The van der Waals surface area contributed by atoms with E-state index in [1.165, 1.54) is 19.3 Å². The van der Waals surface area contributed by atoms with Gasteiger partial charge in [-0.25, -0.2) is 19.7 Å². The molecule has 3 aromatic rings. The number of aryl methyl sites for hydroxylation is 1.